The van der Waals surface area contributed by atoms with Crippen LogP contribution in [0.25, 0.3) is 0 Å². The van der Waals surface area contributed by atoms with Crippen LogP contribution in [-0.2, 0) is 16.1 Å². The van der Waals surface area contributed by atoms with Crippen molar-refractivity contribution in [1.29, 1.82) is 0 Å². The summed E-state index contributed by atoms with van der Waals surface area (Å²) in [5.74, 6) is 1.31. The molecule has 3 heterocycles. The second-order valence-corrected chi connectivity index (χ2v) is 7.45. The number of carbonyl (C=O) groups excluding carboxylic acids is 2. The monoisotopic (exact) mass is 327 g/mol. The average Bonchev–Trinajstić information content (AvgIpc) is 2.56. The SMILES string of the molecule is O=C(C1CCC1)N1CC[C@H]2[C@H](CCC(=O)N2Cc2cccnc2)C1. The highest BCUT2D eigenvalue weighted by atomic mass is 16.2. The number of piperidine rings is 2. The number of aromatic nitrogens is 1. The molecule has 1 saturated carbocycles. The van der Waals surface area contributed by atoms with E-state index in [1.165, 1.54) is 6.42 Å². The van der Waals surface area contributed by atoms with E-state index < -0.39 is 0 Å². The summed E-state index contributed by atoms with van der Waals surface area (Å²) in [5, 5.41) is 0. The summed E-state index contributed by atoms with van der Waals surface area (Å²) in [6.45, 7) is 2.27. The Morgan fingerprint density at radius 3 is 2.83 bits per heavy atom. The number of fused-ring (bicyclic) bond motifs is 1. The second-order valence-electron chi connectivity index (χ2n) is 7.45. The van der Waals surface area contributed by atoms with Crippen molar-refractivity contribution in [3.63, 3.8) is 0 Å². The normalized spacial score (nSPS) is 27.6. The fraction of sp³-hybridized carbons (Fsp3) is 0.632. The Kier molecular flexibility index (Phi) is 4.25. The zero-order valence-electron chi connectivity index (χ0n) is 14.1. The Balaban J connectivity index is 1.44. The maximum absolute atomic E-state index is 12.5. The molecule has 128 valence electrons. The van der Waals surface area contributed by atoms with Crippen LogP contribution < -0.4 is 0 Å². The fourth-order valence-electron chi connectivity index (χ4n) is 4.36. The first-order valence-corrected chi connectivity index (χ1v) is 9.19. The van der Waals surface area contributed by atoms with Crippen LogP contribution in [0.1, 0.15) is 44.1 Å². The van der Waals surface area contributed by atoms with Crippen LogP contribution in [0.15, 0.2) is 24.5 Å². The summed E-state index contributed by atoms with van der Waals surface area (Å²) in [7, 11) is 0. The first-order valence-electron chi connectivity index (χ1n) is 9.19. The molecule has 3 aliphatic rings. The molecule has 4 rings (SSSR count). The lowest BCUT2D eigenvalue weighted by Crippen LogP contribution is -2.57. The summed E-state index contributed by atoms with van der Waals surface area (Å²) in [4.78, 5) is 33.3. The van der Waals surface area contributed by atoms with E-state index in [9.17, 15) is 9.59 Å². The van der Waals surface area contributed by atoms with E-state index in [2.05, 4.69) is 9.88 Å². The lowest BCUT2D eigenvalue weighted by molar-refractivity contribution is -0.147. The van der Waals surface area contributed by atoms with E-state index in [1.54, 1.807) is 6.20 Å². The van der Waals surface area contributed by atoms with Crippen molar-refractivity contribution in [1.82, 2.24) is 14.8 Å². The van der Waals surface area contributed by atoms with Gasteiger partial charge in [0, 0.05) is 50.4 Å². The molecule has 0 bridgehead atoms. The quantitative estimate of drug-likeness (QED) is 0.855. The van der Waals surface area contributed by atoms with Crippen molar-refractivity contribution < 1.29 is 9.59 Å². The molecule has 1 aromatic rings. The van der Waals surface area contributed by atoms with Gasteiger partial charge in [-0.15, -0.1) is 0 Å². The van der Waals surface area contributed by atoms with Gasteiger partial charge in [0.15, 0.2) is 0 Å². The largest absolute Gasteiger partial charge is 0.342 e. The predicted molar refractivity (Wildman–Crippen MR) is 89.8 cm³/mol. The Morgan fingerprint density at radius 1 is 1.25 bits per heavy atom. The third kappa shape index (κ3) is 2.92. The van der Waals surface area contributed by atoms with Crippen molar-refractivity contribution in [3.8, 4) is 0 Å². The Morgan fingerprint density at radius 2 is 2.12 bits per heavy atom. The van der Waals surface area contributed by atoms with Crippen molar-refractivity contribution >= 4 is 11.8 Å². The van der Waals surface area contributed by atoms with Gasteiger partial charge in [-0.2, -0.15) is 0 Å². The molecule has 1 aliphatic carbocycles. The summed E-state index contributed by atoms with van der Waals surface area (Å²) in [6, 6.07) is 4.22. The van der Waals surface area contributed by atoms with Crippen molar-refractivity contribution in [2.24, 2.45) is 11.8 Å². The summed E-state index contributed by atoms with van der Waals surface area (Å²) >= 11 is 0. The van der Waals surface area contributed by atoms with Gasteiger partial charge in [0.25, 0.3) is 0 Å². The minimum absolute atomic E-state index is 0.249. The van der Waals surface area contributed by atoms with Crippen molar-refractivity contribution in [2.45, 2.75) is 51.1 Å². The molecule has 2 aliphatic heterocycles. The van der Waals surface area contributed by atoms with E-state index in [0.29, 0.717) is 24.8 Å². The van der Waals surface area contributed by atoms with Crippen LogP contribution in [0, 0.1) is 11.8 Å². The second kappa shape index (κ2) is 6.54. The highest BCUT2D eigenvalue weighted by Gasteiger charge is 2.41. The van der Waals surface area contributed by atoms with Crippen LogP contribution in [0.3, 0.4) is 0 Å². The van der Waals surface area contributed by atoms with Gasteiger partial charge < -0.3 is 9.80 Å². The summed E-state index contributed by atoms with van der Waals surface area (Å²) in [6.07, 6.45) is 9.36. The van der Waals surface area contributed by atoms with Gasteiger partial charge in [-0.05, 0) is 43.2 Å². The van der Waals surface area contributed by atoms with Gasteiger partial charge in [-0.1, -0.05) is 12.5 Å². The van der Waals surface area contributed by atoms with E-state index in [1.807, 2.05) is 23.2 Å². The number of nitrogens with zero attached hydrogens (tertiary/aromatic N) is 3. The number of rotatable bonds is 3. The molecule has 5 nitrogen and oxygen atoms in total. The first kappa shape index (κ1) is 15.6. The van der Waals surface area contributed by atoms with E-state index >= 15 is 0 Å². The van der Waals surface area contributed by atoms with Crippen molar-refractivity contribution in [3.05, 3.63) is 30.1 Å². The zero-order valence-corrected chi connectivity index (χ0v) is 14.1. The minimum Gasteiger partial charge on any atom is -0.342 e. The lowest BCUT2D eigenvalue weighted by atomic mass is 9.80. The van der Waals surface area contributed by atoms with Gasteiger partial charge in [-0.25, -0.2) is 0 Å². The fourth-order valence-corrected chi connectivity index (χ4v) is 4.36. The molecule has 2 saturated heterocycles. The van der Waals surface area contributed by atoms with Crippen LogP contribution >= 0.6 is 0 Å². The summed E-state index contributed by atoms with van der Waals surface area (Å²) in [5.41, 5.74) is 1.08. The molecule has 0 radical (unpaired) electrons. The third-order valence-electron chi connectivity index (χ3n) is 5.99. The maximum atomic E-state index is 12.5. The zero-order chi connectivity index (χ0) is 16.5. The Bertz CT molecular complexity index is 614. The Labute approximate surface area is 143 Å². The van der Waals surface area contributed by atoms with E-state index in [4.69, 9.17) is 0 Å². The van der Waals surface area contributed by atoms with Gasteiger partial charge >= 0.3 is 0 Å². The molecule has 0 aromatic carbocycles. The number of likely N-dealkylation sites (tertiary alicyclic amines) is 2. The maximum Gasteiger partial charge on any atom is 0.225 e. The highest BCUT2D eigenvalue weighted by molar-refractivity contribution is 5.80. The number of hydrogen-bond acceptors (Lipinski definition) is 3. The number of carbonyl (C=O) groups is 2. The molecule has 0 unspecified atom stereocenters. The van der Waals surface area contributed by atoms with Crippen molar-refractivity contribution in [2.75, 3.05) is 13.1 Å². The minimum atomic E-state index is 0.249. The molecule has 3 fully saturated rings. The van der Waals surface area contributed by atoms with E-state index in [-0.39, 0.29) is 17.9 Å². The molecular weight excluding hydrogens is 302 g/mol. The lowest BCUT2D eigenvalue weighted by Gasteiger charge is -2.48. The molecule has 24 heavy (non-hydrogen) atoms. The third-order valence-corrected chi connectivity index (χ3v) is 5.99. The van der Waals surface area contributed by atoms with Gasteiger partial charge in [0.1, 0.15) is 0 Å². The first-order chi connectivity index (χ1) is 11.7. The van der Waals surface area contributed by atoms with Crippen LogP contribution in [0.5, 0.6) is 0 Å². The molecule has 2 amide bonds. The summed E-state index contributed by atoms with van der Waals surface area (Å²) < 4.78 is 0. The smallest absolute Gasteiger partial charge is 0.225 e. The Hall–Kier alpha value is -1.91. The predicted octanol–water partition coefficient (Wildman–Crippen LogP) is 2.22. The van der Waals surface area contributed by atoms with E-state index in [0.717, 1.165) is 44.3 Å². The average molecular weight is 327 g/mol. The molecule has 0 N–H and O–H groups in total. The topological polar surface area (TPSA) is 53.5 Å². The molecule has 5 heteroatoms. The number of pyridine rings is 1. The van der Waals surface area contributed by atoms with Crippen LogP contribution in [0.4, 0.5) is 0 Å². The molecule has 1 aromatic heterocycles. The molecule has 2 atom stereocenters. The van der Waals surface area contributed by atoms with Gasteiger partial charge in [0.2, 0.25) is 11.8 Å². The van der Waals surface area contributed by atoms with Gasteiger partial charge in [0.05, 0.1) is 0 Å². The standard InChI is InChI=1S/C19H25N3O2/c23-18-7-6-16-13-21(19(24)15-4-1-5-15)10-8-17(16)22(18)12-14-3-2-9-20-11-14/h2-3,9,11,15-17H,1,4-8,10,12-13H2/t16-,17+/m1/s1. The number of amides is 2. The molecule has 0 spiro atoms. The van der Waals surface area contributed by atoms with Gasteiger partial charge in [-0.3, -0.25) is 14.6 Å². The van der Waals surface area contributed by atoms with Crippen LogP contribution in [-0.4, -0.2) is 45.7 Å². The molecular formula is C19H25N3O2. The van der Waals surface area contributed by atoms with Crippen LogP contribution in [0.2, 0.25) is 0 Å². The highest BCUT2D eigenvalue weighted by Crippen LogP contribution is 2.35. The number of hydrogen-bond donors (Lipinski definition) is 0.